The average Bonchev–Trinajstić information content (AvgIpc) is 2.48. The van der Waals surface area contributed by atoms with Gasteiger partial charge in [-0.2, -0.15) is 0 Å². The molecule has 0 amide bonds. The van der Waals surface area contributed by atoms with E-state index in [9.17, 15) is 9.50 Å². The molecule has 2 atom stereocenters. The van der Waals surface area contributed by atoms with Gasteiger partial charge in [0, 0.05) is 0 Å². The minimum atomic E-state index is -0.458. The molecule has 1 saturated heterocycles. The third kappa shape index (κ3) is 2.93. The number of hydrogen-bond donors (Lipinski definition) is 2. The van der Waals surface area contributed by atoms with Crippen molar-refractivity contribution in [2.75, 3.05) is 13.1 Å². The fourth-order valence-corrected chi connectivity index (χ4v) is 1.82. The summed E-state index contributed by atoms with van der Waals surface area (Å²) in [6.45, 7) is 1.65. The molecule has 4 heteroatoms. The molecule has 0 spiro atoms. The molecule has 1 aromatic carbocycles. The molecule has 0 aromatic heterocycles. The third-order valence-corrected chi connectivity index (χ3v) is 2.75. The van der Waals surface area contributed by atoms with Crippen molar-refractivity contribution in [2.24, 2.45) is 0 Å². The van der Waals surface area contributed by atoms with Crippen LogP contribution in [0.1, 0.15) is 12.8 Å². The van der Waals surface area contributed by atoms with E-state index in [-0.39, 0.29) is 11.9 Å². The van der Waals surface area contributed by atoms with Crippen molar-refractivity contribution in [3.05, 3.63) is 30.1 Å². The molecule has 1 aliphatic heterocycles. The maximum absolute atomic E-state index is 12.7. The molecular weight excluding hydrogens is 209 g/mol. The molecule has 0 radical (unpaired) electrons. The monoisotopic (exact) mass is 225 g/mol. The Morgan fingerprint density at radius 2 is 1.88 bits per heavy atom. The van der Waals surface area contributed by atoms with Gasteiger partial charge < -0.3 is 15.2 Å². The Labute approximate surface area is 94.2 Å². The lowest BCUT2D eigenvalue weighted by Crippen LogP contribution is -2.31. The Balaban J connectivity index is 1.99. The topological polar surface area (TPSA) is 41.5 Å². The van der Waals surface area contributed by atoms with E-state index in [2.05, 4.69) is 5.32 Å². The van der Waals surface area contributed by atoms with Crippen LogP contribution in [0.25, 0.3) is 0 Å². The van der Waals surface area contributed by atoms with Crippen LogP contribution in [0, 0.1) is 5.82 Å². The predicted octanol–water partition coefficient (Wildman–Crippen LogP) is 1.32. The molecule has 2 N–H and O–H groups in total. The van der Waals surface area contributed by atoms with Crippen LogP contribution in [0.4, 0.5) is 4.39 Å². The fraction of sp³-hybridized carbons (Fsp3) is 0.500. The summed E-state index contributed by atoms with van der Waals surface area (Å²) in [4.78, 5) is 0. The van der Waals surface area contributed by atoms with Crippen molar-refractivity contribution in [2.45, 2.75) is 25.0 Å². The van der Waals surface area contributed by atoms with Gasteiger partial charge in [0.2, 0.25) is 0 Å². The van der Waals surface area contributed by atoms with E-state index in [0.29, 0.717) is 12.2 Å². The second kappa shape index (κ2) is 5.27. The van der Waals surface area contributed by atoms with Crippen LogP contribution in [0.3, 0.4) is 0 Å². The van der Waals surface area contributed by atoms with Gasteiger partial charge in [0.1, 0.15) is 17.7 Å². The van der Waals surface area contributed by atoms with Crippen LogP contribution in [0.15, 0.2) is 24.3 Å². The lowest BCUT2D eigenvalue weighted by molar-refractivity contribution is 0.0350. The van der Waals surface area contributed by atoms with Gasteiger partial charge in [-0.25, -0.2) is 4.39 Å². The van der Waals surface area contributed by atoms with Crippen molar-refractivity contribution in [1.29, 1.82) is 0 Å². The lowest BCUT2D eigenvalue weighted by atomic mass is 10.1. The molecule has 0 unspecified atom stereocenters. The number of aliphatic hydroxyl groups excluding tert-OH is 1. The first-order valence-corrected chi connectivity index (χ1v) is 5.57. The zero-order valence-electron chi connectivity index (χ0n) is 9.03. The first kappa shape index (κ1) is 11.4. The van der Waals surface area contributed by atoms with Crippen LogP contribution in [-0.2, 0) is 0 Å². The van der Waals surface area contributed by atoms with E-state index >= 15 is 0 Å². The molecule has 1 fully saturated rings. The van der Waals surface area contributed by atoms with Crippen LogP contribution < -0.4 is 10.1 Å². The van der Waals surface area contributed by atoms with Crippen molar-refractivity contribution < 1.29 is 14.2 Å². The first-order valence-electron chi connectivity index (χ1n) is 5.57. The third-order valence-electron chi connectivity index (χ3n) is 2.75. The van der Waals surface area contributed by atoms with E-state index in [4.69, 9.17) is 4.74 Å². The maximum Gasteiger partial charge on any atom is 0.126 e. The predicted molar refractivity (Wildman–Crippen MR) is 58.9 cm³/mol. The molecule has 2 rings (SSSR count). The van der Waals surface area contributed by atoms with Gasteiger partial charge in [0.05, 0.1) is 6.10 Å². The standard InChI is InChI=1S/C12H16FNO2/c13-9-1-3-10(4-2-9)16-12-6-8-14-7-5-11(12)15/h1-4,11-12,14-15H,5-8H2/t11-,12-/m0/s1. The van der Waals surface area contributed by atoms with E-state index in [0.717, 1.165) is 19.5 Å². The van der Waals surface area contributed by atoms with Gasteiger partial charge >= 0.3 is 0 Å². The molecule has 1 aromatic rings. The van der Waals surface area contributed by atoms with Gasteiger partial charge in [-0.05, 0) is 50.2 Å². The average molecular weight is 225 g/mol. The van der Waals surface area contributed by atoms with E-state index in [1.54, 1.807) is 12.1 Å². The summed E-state index contributed by atoms with van der Waals surface area (Å²) in [7, 11) is 0. The highest BCUT2D eigenvalue weighted by atomic mass is 19.1. The largest absolute Gasteiger partial charge is 0.488 e. The zero-order valence-corrected chi connectivity index (χ0v) is 9.03. The molecule has 0 aliphatic carbocycles. The summed E-state index contributed by atoms with van der Waals surface area (Å²) in [5.41, 5.74) is 0. The molecular formula is C12H16FNO2. The summed E-state index contributed by atoms with van der Waals surface area (Å²) < 4.78 is 18.3. The smallest absolute Gasteiger partial charge is 0.126 e. The lowest BCUT2D eigenvalue weighted by Gasteiger charge is -2.21. The molecule has 1 heterocycles. The molecule has 0 saturated carbocycles. The van der Waals surface area contributed by atoms with Crippen molar-refractivity contribution in [3.63, 3.8) is 0 Å². The Bertz CT molecular complexity index is 328. The summed E-state index contributed by atoms with van der Waals surface area (Å²) in [5, 5.41) is 13.0. The number of benzene rings is 1. The van der Waals surface area contributed by atoms with Crippen LogP contribution in [0.5, 0.6) is 5.75 Å². The zero-order chi connectivity index (χ0) is 11.4. The van der Waals surface area contributed by atoms with E-state index < -0.39 is 6.10 Å². The highest BCUT2D eigenvalue weighted by Gasteiger charge is 2.22. The van der Waals surface area contributed by atoms with Gasteiger partial charge in [-0.1, -0.05) is 0 Å². The minimum Gasteiger partial charge on any atom is -0.488 e. The number of ether oxygens (including phenoxy) is 1. The summed E-state index contributed by atoms with van der Waals surface area (Å²) in [5.74, 6) is 0.322. The maximum atomic E-state index is 12.7. The number of hydrogen-bond acceptors (Lipinski definition) is 3. The fourth-order valence-electron chi connectivity index (χ4n) is 1.82. The van der Waals surface area contributed by atoms with Crippen molar-refractivity contribution in [1.82, 2.24) is 5.32 Å². The molecule has 3 nitrogen and oxygen atoms in total. The Kier molecular flexibility index (Phi) is 3.74. The molecule has 1 aliphatic rings. The number of rotatable bonds is 2. The van der Waals surface area contributed by atoms with E-state index in [1.165, 1.54) is 12.1 Å². The minimum absolute atomic E-state index is 0.208. The first-order chi connectivity index (χ1) is 7.75. The molecule has 0 bridgehead atoms. The van der Waals surface area contributed by atoms with E-state index in [1.807, 2.05) is 0 Å². The SMILES string of the molecule is O[C@H]1CCNCC[C@@H]1Oc1ccc(F)cc1. The Morgan fingerprint density at radius 1 is 1.19 bits per heavy atom. The van der Waals surface area contributed by atoms with Gasteiger partial charge in [-0.3, -0.25) is 0 Å². The van der Waals surface area contributed by atoms with Crippen molar-refractivity contribution in [3.8, 4) is 5.75 Å². The summed E-state index contributed by atoms with van der Waals surface area (Å²) in [6.07, 6.45) is 0.783. The van der Waals surface area contributed by atoms with Crippen LogP contribution in [-0.4, -0.2) is 30.4 Å². The van der Waals surface area contributed by atoms with Crippen LogP contribution >= 0.6 is 0 Å². The second-order valence-electron chi connectivity index (χ2n) is 4.00. The molecule has 88 valence electrons. The Hall–Kier alpha value is -1.13. The Morgan fingerprint density at radius 3 is 2.62 bits per heavy atom. The number of aliphatic hydroxyl groups is 1. The molecule has 16 heavy (non-hydrogen) atoms. The summed E-state index contributed by atoms with van der Waals surface area (Å²) >= 11 is 0. The highest BCUT2D eigenvalue weighted by molar-refractivity contribution is 5.22. The highest BCUT2D eigenvalue weighted by Crippen LogP contribution is 2.18. The second-order valence-corrected chi connectivity index (χ2v) is 4.00. The van der Waals surface area contributed by atoms with Gasteiger partial charge in [0.25, 0.3) is 0 Å². The van der Waals surface area contributed by atoms with Gasteiger partial charge in [0.15, 0.2) is 0 Å². The van der Waals surface area contributed by atoms with Crippen LogP contribution in [0.2, 0.25) is 0 Å². The quantitative estimate of drug-likeness (QED) is 0.797. The summed E-state index contributed by atoms with van der Waals surface area (Å²) in [6, 6.07) is 5.88. The number of halogens is 1. The van der Waals surface area contributed by atoms with Gasteiger partial charge in [-0.15, -0.1) is 0 Å². The normalized spacial score (nSPS) is 26.1. The number of nitrogens with one attached hydrogen (secondary N) is 1. The van der Waals surface area contributed by atoms with Crippen molar-refractivity contribution >= 4 is 0 Å².